The topological polar surface area (TPSA) is 46.5 Å². The van der Waals surface area contributed by atoms with Gasteiger partial charge in [-0.2, -0.15) is 0 Å². The second-order valence-corrected chi connectivity index (χ2v) is 5.06. The van der Waals surface area contributed by atoms with E-state index in [1.54, 1.807) is 18.2 Å². The summed E-state index contributed by atoms with van der Waals surface area (Å²) in [7, 11) is 0. The fraction of sp³-hybridized carbons (Fsp3) is 0.500. The molecule has 0 fully saturated rings. The first kappa shape index (κ1) is 16.3. The van der Waals surface area contributed by atoms with Crippen LogP contribution in [0.1, 0.15) is 44.3 Å². The Hall–Kier alpha value is -0.770. The predicted octanol–water partition coefficient (Wildman–Crippen LogP) is 4.15. The van der Waals surface area contributed by atoms with E-state index in [1.165, 1.54) is 0 Å². The minimum absolute atomic E-state index is 0.160. The minimum Gasteiger partial charge on any atom is -0.466 e. The highest BCUT2D eigenvalue weighted by Crippen LogP contribution is 2.31. The van der Waals surface area contributed by atoms with Gasteiger partial charge >= 0.3 is 5.97 Å². The van der Waals surface area contributed by atoms with Crippen LogP contribution in [0.15, 0.2) is 18.2 Å². The van der Waals surface area contributed by atoms with E-state index >= 15 is 0 Å². The van der Waals surface area contributed by atoms with Crippen LogP contribution in [-0.4, -0.2) is 17.7 Å². The number of aliphatic hydroxyl groups is 1. The summed E-state index contributed by atoms with van der Waals surface area (Å²) in [5, 5.41) is 10.7. The Bertz CT molecular complexity index is 421. The van der Waals surface area contributed by atoms with Gasteiger partial charge in [0.15, 0.2) is 0 Å². The van der Waals surface area contributed by atoms with Gasteiger partial charge in [0.05, 0.1) is 22.8 Å². The van der Waals surface area contributed by atoms with Crippen LogP contribution in [0.5, 0.6) is 0 Å². The van der Waals surface area contributed by atoms with E-state index in [1.807, 2.05) is 6.92 Å². The van der Waals surface area contributed by atoms with Gasteiger partial charge in [-0.3, -0.25) is 4.79 Å². The van der Waals surface area contributed by atoms with E-state index in [-0.39, 0.29) is 18.8 Å². The number of hydrogen-bond acceptors (Lipinski definition) is 3. The van der Waals surface area contributed by atoms with Gasteiger partial charge in [-0.05, 0) is 18.9 Å². The van der Waals surface area contributed by atoms with Crippen LogP contribution in [0.4, 0.5) is 0 Å². The van der Waals surface area contributed by atoms with Gasteiger partial charge in [0.1, 0.15) is 0 Å². The average Bonchev–Trinajstić information content (AvgIpc) is 2.39. The number of benzene rings is 1. The summed E-state index contributed by atoms with van der Waals surface area (Å²) >= 11 is 11.9. The van der Waals surface area contributed by atoms with Gasteiger partial charge in [0.2, 0.25) is 0 Å². The normalized spacial score (nSPS) is 12.2. The number of esters is 1. The number of carbonyl (C=O) groups is 1. The van der Waals surface area contributed by atoms with E-state index in [2.05, 4.69) is 0 Å². The molecule has 3 nitrogen and oxygen atoms in total. The van der Waals surface area contributed by atoms with Gasteiger partial charge in [-0.15, -0.1) is 0 Å². The number of rotatable bonds is 7. The van der Waals surface area contributed by atoms with Crippen molar-refractivity contribution in [1.82, 2.24) is 0 Å². The van der Waals surface area contributed by atoms with Crippen LogP contribution in [0, 0.1) is 0 Å². The fourth-order valence-electron chi connectivity index (χ4n) is 1.59. The Morgan fingerprint density at radius 2 is 2.16 bits per heavy atom. The second-order valence-electron chi connectivity index (χ2n) is 4.27. The minimum atomic E-state index is -0.815. The molecule has 1 rings (SSSR count). The van der Waals surface area contributed by atoms with Crippen molar-refractivity contribution in [2.24, 2.45) is 0 Å². The van der Waals surface area contributed by atoms with Gasteiger partial charge < -0.3 is 9.84 Å². The summed E-state index contributed by atoms with van der Waals surface area (Å²) in [5.74, 6) is -0.300. The summed E-state index contributed by atoms with van der Waals surface area (Å²) in [6, 6.07) is 5.06. The Balaban J connectivity index is 2.44. The lowest BCUT2D eigenvalue weighted by Crippen LogP contribution is -2.08. The van der Waals surface area contributed by atoms with Crippen molar-refractivity contribution < 1.29 is 14.6 Å². The smallest absolute Gasteiger partial charge is 0.305 e. The zero-order valence-electron chi connectivity index (χ0n) is 10.9. The number of ether oxygens (including phenoxy) is 1. The summed E-state index contributed by atoms with van der Waals surface area (Å²) in [6.45, 7) is 2.46. The molecule has 0 radical (unpaired) electrons. The van der Waals surface area contributed by atoms with Crippen LogP contribution in [0.2, 0.25) is 10.0 Å². The molecule has 106 valence electrons. The Morgan fingerprint density at radius 3 is 2.84 bits per heavy atom. The quantitative estimate of drug-likeness (QED) is 0.608. The zero-order valence-corrected chi connectivity index (χ0v) is 12.4. The molecule has 0 heterocycles. The molecule has 1 N–H and O–H groups in total. The van der Waals surface area contributed by atoms with E-state index in [9.17, 15) is 9.90 Å². The van der Waals surface area contributed by atoms with Crippen LogP contribution in [0.3, 0.4) is 0 Å². The SMILES string of the molecule is CCCCOC(=O)CCC(O)c1cccc(Cl)c1Cl. The Kier molecular flexibility index (Phi) is 7.21. The summed E-state index contributed by atoms with van der Waals surface area (Å²) < 4.78 is 5.01. The van der Waals surface area contributed by atoms with E-state index in [4.69, 9.17) is 27.9 Å². The average molecular weight is 305 g/mol. The van der Waals surface area contributed by atoms with Gasteiger partial charge in [-0.25, -0.2) is 0 Å². The zero-order chi connectivity index (χ0) is 14.3. The number of carbonyl (C=O) groups excluding carboxylic acids is 1. The van der Waals surface area contributed by atoms with Crippen molar-refractivity contribution in [1.29, 1.82) is 0 Å². The standard InChI is InChI=1S/C14H18Cl2O3/c1-2-3-9-19-13(18)8-7-12(17)10-5-4-6-11(15)14(10)16/h4-6,12,17H,2-3,7-9H2,1H3. The highest BCUT2D eigenvalue weighted by molar-refractivity contribution is 6.42. The first-order chi connectivity index (χ1) is 9.06. The number of aliphatic hydroxyl groups excluding tert-OH is 1. The van der Waals surface area contributed by atoms with Crippen molar-refractivity contribution >= 4 is 29.2 Å². The van der Waals surface area contributed by atoms with Crippen LogP contribution in [0.25, 0.3) is 0 Å². The van der Waals surface area contributed by atoms with Gasteiger partial charge in [0.25, 0.3) is 0 Å². The molecule has 1 atom stereocenters. The third-order valence-corrected chi connectivity index (χ3v) is 3.56. The molecule has 19 heavy (non-hydrogen) atoms. The number of halogens is 2. The molecule has 0 amide bonds. The van der Waals surface area contributed by atoms with Crippen molar-refractivity contribution in [3.8, 4) is 0 Å². The molecule has 0 aliphatic rings. The first-order valence-corrected chi connectivity index (χ1v) is 7.09. The van der Waals surface area contributed by atoms with Crippen molar-refractivity contribution in [2.75, 3.05) is 6.61 Å². The Morgan fingerprint density at radius 1 is 1.42 bits per heavy atom. The highest BCUT2D eigenvalue weighted by Gasteiger charge is 2.15. The molecule has 0 aliphatic heterocycles. The largest absolute Gasteiger partial charge is 0.466 e. The monoisotopic (exact) mass is 304 g/mol. The number of hydrogen-bond donors (Lipinski definition) is 1. The highest BCUT2D eigenvalue weighted by atomic mass is 35.5. The molecule has 0 spiro atoms. The lowest BCUT2D eigenvalue weighted by atomic mass is 10.1. The van der Waals surface area contributed by atoms with Gasteiger partial charge in [0, 0.05) is 12.0 Å². The third kappa shape index (κ3) is 5.39. The molecule has 0 aliphatic carbocycles. The molecule has 5 heteroatoms. The maximum absolute atomic E-state index is 11.4. The van der Waals surface area contributed by atoms with Crippen molar-refractivity contribution in [3.05, 3.63) is 33.8 Å². The summed E-state index contributed by atoms with van der Waals surface area (Å²) in [4.78, 5) is 11.4. The van der Waals surface area contributed by atoms with E-state index < -0.39 is 6.10 Å². The molecule has 0 aromatic heterocycles. The Labute approximate surface area is 123 Å². The molecular formula is C14H18Cl2O3. The van der Waals surface area contributed by atoms with Crippen LogP contribution < -0.4 is 0 Å². The molecular weight excluding hydrogens is 287 g/mol. The molecule has 1 aromatic carbocycles. The summed E-state index contributed by atoms with van der Waals surface area (Å²) in [6.07, 6.45) is 1.45. The maximum Gasteiger partial charge on any atom is 0.305 e. The number of unbranched alkanes of at least 4 members (excludes halogenated alkanes) is 1. The van der Waals surface area contributed by atoms with Gasteiger partial charge in [-0.1, -0.05) is 48.7 Å². The maximum atomic E-state index is 11.4. The van der Waals surface area contributed by atoms with E-state index in [0.717, 1.165) is 12.8 Å². The van der Waals surface area contributed by atoms with Crippen molar-refractivity contribution in [2.45, 2.75) is 38.7 Å². The fourth-order valence-corrected chi connectivity index (χ4v) is 2.02. The lowest BCUT2D eigenvalue weighted by Gasteiger charge is -2.13. The molecule has 1 aromatic rings. The molecule has 1 unspecified atom stereocenters. The van der Waals surface area contributed by atoms with E-state index in [0.29, 0.717) is 22.2 Å². The predicted molar refractivity (Wildman–Crippen MR) is 76.5 cm³/mol. The molecule has 0 saturated carbocycles. The molecule has 0 saturated heterocycles. The second kappa shape index (κ2) is 8.41. The van der Waals surface area contributed by atoms with Crippen molar-refractivity contribution in [3.63, 3.8) is 0 Å². The first-order valence-electron chi connectivity index (χ1n) is 6.33. The summed E-state index contributed by atoms with van der Waals surface area (Å²) in [5.41, 5.74) is 0.538. The molecule has 0 bridgehead atoms. The third-order valence-electron chi connectivity index (χ3n) is 2.72. The van der Waals surface area contributed by atoms with Crippen LogP contribution >= 0.6 is 23.2 Å². The van der Waals surface area contributed by atoms with Crippen LogP contribution in [-0.2, 0) is 9.53 Å². The lowest BCUT2D eigenvalue weighted by molar-refractivity contribution is -0.144.